The van der Waals surface area contributed by atoms with Crippen LogP contribution in [0.2, 0.25) is 0 Å². The Hall–Kier alpha value is -0.260. The molecule has 0 saturated heterocycles. The van der Waals surface area contributed by atoms with Gasteiger partial charge in [0.15, 0.2) is 0 Å². The van der Waals surface area contributed by atoms with Crippen LogP contribution in [0.25, 0.3) is 0 Å². The van der Waals surface area contributed by atoms with Crippen molar-refractivity contribution in [3.63, 3.8) is 0 Å². The summed E-state index contributed by atoms with van der Waals surface area (Å²) in [5.41, 5.74) is 5.40. The van der Waals surface area contributed by atoms with E-state index in [9.17, 15) is 4.79 Å². The third kappa shape index (κ3) is 18.3. The molecule has 0 unspecified atom stereocenters. The van der Waals surface area contributed by atoms with Crippen LogP contribution in [-0.4, -0.2) is 43.6 Å². The summed E-state index contributed by atoms with van der Waals surface area (Å²) in [6.07, 6.45) is 13.8. The van der Waals surface area contributed by atoms with Gasteiger partial charge in [0.1, 0.15) is 0 Å². The quantitative estimate of drug-likeness (QED) is 0.300. The number of hydrogen-bond acceptors (Lipinski definition) is 4. The number of carbonyl (C=O) groups excluding carboxylic acids is 1. The SMILES string of the molecule is CCCCCCCCCCCCSC[C@@H](C)C(=O)NCCNCCN. The van der Waals surface area contributed by atoms with E-state index in [1.54, 1.807) is 0 Å². The molecule has 0 aliphatic carbocycles. The first kappa shape index (κ1) is 24.7. The maximum Gasteiger partial charge on any atom is 0.223 e. The second kappa shape index (κ2) is 20.1. The summed E-state index contributed by atoms with van der Waals surface area (Å²) in [4.78, 5) is 11.9. The van der Waals surface area contributed by atoms with Crippen molar-refractivity contribution in [2.45, 2.75) is 78.1 Å². The summed E-state index contributed by atoms with van der Waals surface area (Å²) in [7, 11) is 0. The largest absolute Gasteiger partial charge is 0.355 e. The zero-order valence-corrected chi connectivity index (χ0v) is 17.6. The first-order chi connectivity index (χ1) is 12.2. The zero-order chi connectivity index (χ0) is 18.6. The normalized spacial score (nSPS) is 12.3. The van der Waals surface area contributed by atoms with Crippen molar-refractivity contribution in [2.24, 2.45) is 11.7 Å². The molecule has 5 heteroatoms. The highest BCUT2D eigenvalue weighted by Crippen LogP contribution is 2.14. The molecule has 4 nitrogen and oxygen atoms in total. The highest BCUT2D eigenvalue weighted by atomic mass is 32.2. The molecule has 0 saturated carbocycles. The summed E-state index contributed by atoms with van der Waals surface area (Å²) in [6, 6.07) is 0. The van der Waals surface area contributed by atoms with E-state index >= 15 is 0 Å². The van der Waals surface area contributed by atoms with Gasteiger partial charge in [-0.05, 0) is 12.2 Å². The Morgan fingerprint density at radius 3 is 2.12 bits per heavy atom. The highest BCUT2D eigenvalue weighted by Gasteiger charge is 2.11. The van der Waals surface area contributed by atoms with Gasteiger partial charge in [0, 0.05) is 37.8 Å². The van der Waals surface area contributed by atoms with Gasteiger partial charge in [-0.1, -0.05) is 71.6 Å². The lowest BCUT2D eigenvalue weighted by atomic mass is 10.1. The van der Waals surface area contributed by atoms with Gasteiger partial charge in [-0.2, -0.15) is 11.8 Å². The van der Waals surface area contributed by atoms with E-state index in [1.807, 2.05) is 18.7 Å². The van der Waals surface area contributed by atoms with Crippen LogP contribution in [0, 0.1) is 5.92 Å². The maximum absolute atomic E-state index is 11.9. The molecule has 0 aromatic carbocycles. The molecule has 0 fully saturated rings. The van der Waals surface area contributed by atoms with Crippen LogP contribution < -0.4 is 16.4 Å². The minimum Gasteiger partial charge on any atom is -0.355 e. The minimum absolute atomic E-state index is 0.0997. The third-order valence-electron chi connectivity index (χ3n) is 4.38. The molecule has 4 N–H and O–H groups in total. The van der Waals surface area contributed by atoms with Crippen LogP contribution in [0.3, 0.4) is 0 Å². The van der Waals surface area contributed by atoms with Crippen molar-refractivity contribution in [1.82, 2.24) is 10.6 Å². The van der Waals surface area contributed by atoms with E-state index in [0.717, 1.165) is 18.8 Å². The molecule has 1 atom stereocenters. The number of unbranched alkanes of at least 4 members (excludes halogenated alkanes) is 9. The molecule has 0 bridgehead atoms. The van der Waals surface area contributed by atoms with Gasteiger partial charge >= 0.3 is 0 Å². The zero-order valence-electron chi connectivity index (χ0n) is 16.8. The van der Waals surface area contributed by atoms with Crippen molar-refractivity contribution < 1.29 is 4.79 Å². The van der Waals surface area contributed by atoms with Crippen LogP contribution in [0.1, 0.15) is 78.1 Å². The summed E-state index contributed by atoms with van der Waals surface area (Å²) in [5, 5.41) is 6.16. The third-order valence-corrected chi connectivity index (χ3v) is 5.69. The topological polar surface area (TPSA) is 67.2 Å². The van der Waals surface area contributed by atoms with E-state index < -0.39 is 0 Å². The fourth-order valence-electron chi connectivity index (χ4n) is 2.70. The lowest BCUT2D eigenvalue weighted by molar-refractivity contribution is -0.123. The number of nitrogens with one attached hydrogen (secondary N) is 2. The van der Waals surface area contributed by atoms with Crippen LogP contribution in [0.15, 0.2) is 0 Å². The summed E-state index contributed by atoms with van der Waals surface area (Å²) in [5.74, 6) is 2.39. The molecule has 0 aromatic rings. The fourth-order valence-corrected chi connectivity index (χ4v) is 3.78. The lowest BCUT2D eigenvalue weighted by Gasteiger charge is -2.12. The number of amides is 1. The van der Waals surface area contributed by atoms with Crippen LogP contribution in [-0.2, 0) is 4.79 Å². The van der Waals surface area contributed by atoms with Gasteiger partial charge in [0.05, 0.1) is 0 Å². The molecule has 0 radical (unpaired) electrons. The lowest BCUT2D eigenvalue weighted by Crippen LogP contribution is -2.36. The Morgan fingerprint density at radius 2 is 1.52 bits per heavy atom. The van der Waals surface area contributed by atoms with Gasteiger partial charge < -0.3 is 16.4 Å². The number of carbonyl (C=O) groups is 1. The summed E-state index contributed by atoms with van der Waals surface area (Å²) >= 11 is 1.92. The monoisotopic (exact) mass is 373 g/mol. The van der Waals surface area contributed by atoms with Crippen molar-refractivity contribution in [3.05, 3.63) is 0 Å². The van der Waals surface area contributed by atoms with E-state index in [2.05, 4.69) is 17.6 Å². The Morgan fingerprint density at radius 1 is 0.920 bits per heavy atom. The number of rotatable bonds is 19. The van der Waals surface area contributed by atoms with Gasteiger partial charge in [0.25, 0.3) is 0 Å². The van der Waals surface area contributed by atoms with Crippen molar-refractivity contribution in [2.75, 3.05) is 37.7 Å². The van der Waals surface area contributed by atoms with Gasteiger partial charge in [0.2, 0.25) is 5.91 Å². The van der Waals surface area contributed by atoms with Gasteiger partial charge in [-0.25, -0.2) is 0 Å². The average Bonchev–Trinajstić information content (AvgIpc) is 2.62. The molecular formula is C20H43N3OS. The molecule has 0 spiro atoms. The van der Waals surface area contributed by atoms with Crippen molar-refractivity contribution in [3.8, 4) is 0 Å². The van der Waals surface area contributed by atoms with Crippen molar-refractivity contribution in [1.29, 1.82) is 0 Å². The summed E-state index contributed by atoms with van der Waals surface area (Å²) in [6.45, 7) is 7.22. The predicted molar refractivity (Wildman–Crippen MR) is 113 cm³/mol. The second-order valence-electron chi connectivity index (χ2n) is 6.99. The molecular weight excluding hydrogens is 330 g/mol. The number of hydrogen-bond donors (Lipinski definition) is 3. The Labute approximate surface area is 160 Å². The van der Waals surface area contributed by atoms with Gasteiger partial charge in [-0.15, -0.1) is 0 Å². The fraction of sp³-hybridized carbons (Fsp3) is 0.950. The number of nitrogens with two attached hydrogens (primary N) is 1. The highest BCUT2D eigenvalue weighted by molar-refractivity contribution is 7.99. The minimum atomic E-state index is 0.0997. The molecule has 0 aromatic heterocycles. The van der Waals surface area contributed by atoms with Crippen molar-refractivity contribution >= 4 is 17.7 Å². The van der Waals surface area contributed by atoms with E-state index in [4.69, 9.17) is 5.73 Å². The van der Waals surface area contributed by atoms with Crippen LogP contribution in [0.5, 0.6) is 0 Å². The maximum atomic E-state index is 11.9. The molecule has 0 aliphatic heterocycles. The van der Waals surface area contributed by atoms with Crippen LogP contribution in [0.4, 0.5) is 0 Å². The van der Waals surface area contributed by atoms with Crippen LogP contribution >= 0.6 is 11.8 Å². The van der Waals surface area contributed by atoms with E-state index in [0.29, 0.717) is 13.1 Å². The molecule has 150 valence electrons. The molecule has 1 amide bonds. The second-order valence-corrected chi connectivity index (χ2v) is 8.14. The Bertz CT molecular complexity index is 290. The summed E-state index contributed by atoms with van der Waals surface area (Å²) < 4.78 is 0. The Balaban J connectivity index is 3.28. The molecule has 0 heterocycles. The Kier molecular flexibility index (Phi) is 19.8. The first-order valence-corrected chi connectivity index (χ1v) is 11.6. The predicted octanol–water partition coefficient (Wildman–Crippen LogP) is 3.94. The van der Waals surface area contributed by atoms with E-state index in [-0.39, 0.29) is 11.8 Å². The average molecular weight is 374 g/mol. The first-order valence-electron chi connectivity index (χ1n) is 10.5. The standard InChI is InChI=1S/C20H43N3OS/c1-3-4-5-6-7-8-9-10-11-12-17-25-18-19(2)20(24)23-16-15-22-14-13-21/h19,22H,3-18,21H2,1-2H3,(H,23,24)/t19-/m1/s1. The van der Waals surface area contributed by atoms with E-state index in [1.165, 1.54) is 70.0 Å². The molecule has 25 heavy (non-hydrogen) atoms. The smallest absolute Gasteiger partial charge is 0.223 e. The molecule has 0 rings (SSSR count). The number of thioether (sulfide) groups is 1. The van der Waals surface area contributed by atoms with Gasteiger partial charge in [-0.3, -0.25) is 4.79 Å². The molecule has 0 aliphatic rings.